The Bertz CT molecular complexity index is 560. The standard InChI is InChI=1S/C19H29NO3/c1-14-13-20(11-10-19(14,4)23)17(21)16-7-5-6-15(12-16)8-9-18(2,3)22/h5-7,12,14,22-23H,8-11,13H2,1-4H3/t14-,19+/m0/s1. The van der Waals surface area contributed by atoms with Gasteiger partial charge in [0.15, 0.2) is 0 Å². The second-order valence-corrected chi connectivity index (χ2v) is 7.77. The van der Waals surface area contributed by atoms with Gasteiger partial charge in [0, 0.05) is 24.6 Å². The Kier molecular flexibility index (Phi) is 5.17. The number of hydrogen-bond acceptors (Lipinski definition) is 3. The van der Waals surface area contributed by atoms with Crippen molar-refractivity contribution in [1.29, 1.82) is 0 Å². The monoisotopic (exact) mass is 319 g/mol. The number of likely N-dealkylation sites (tertiary alicyclic amines) is 1. The maximum atomic E-state index is 12.7. The molecule has 2 rings (SSSR count). The van der Waals surface area contributed by atoms with E-state index in [9.17, 15) is 15.0 Å². The van der Waals surface area contributed by atoms with Crippen molar-refractivity contribution in [3.8, 4) is 0 Å². The van der Waals surface area contributed by atoms with Gasteiger partial charge in [-0.15, -0.1) is 0 Å². The van der Waals surface area contributed by atoms with E-state index in [4.69, 9.17) is 0 Å². The summed E-state index contributed by atoms with van der Waals surface area (Å²) in [5, 5.41) is 20.1. The maximum absolute atomic E-state index is 12.7. The molecule has 1 aromatic rings. The van der Waals surface area contributed by atoms with Crippen LogP contribution in [-0.2, 0) is 6.42 Å². The molecule has 1 amide bonds. The molecule has 0 unspecified atom stereocenters. The van der Waals surface area contributed by atoms with E-state index in [-0.39, 0.29) is 11.8 Å². The fourth-order valence-corrected chi connectivity index (χ4v) is 2.90. The molecule has 1 aromatic carbocycles. The zero-order valence-electron chi connectivity index (χ0n) is 14.7. The average Bonchev–Trinajstić information content (AvgIpc) is 2.47. The molecule has 0 radical (unpaired) electrons. The molecule has 1 fully saturated rings. The van der Waals surface area contributed by atoms with E-state index >= 15 is 0 Å². The second-order valence-electron chi connectivity index (χ2n) is 7.77. The minimum absolute atomic E-state index is 0.0254. The van der Waals surface area contributed by atoms with Crippen LogP contribution in [0.5, 0.6) is 0 Å². The molecule has 0 saturated carbocycles. The van der Waals surface area contributed by atoms with Crippen molar-refractivity contribution in [3.63, 3.8) is 0 Å². The van der Waals surface area contributed by atoms with Crippen molar-refractivity contribution in [2.24, 2.45) is 5.92 Å². The summed E-state index contributed by atoms with van der Waals surface area (Å²) >= 11 is 0. The molecule has 1 heterocycles. The molecule has 128 valence electrons. The molecule has 0 aliphatic carbocycles. The van der Waals surface area contributed by atoms with E-state index in [1.165, 1.54) is 0 Å². The Hall–Kier alpha value is -1.39. The van der Waals surface area contributed by atoms with Gasteiger partial charge in [0.2, 0.25) is 0 Å². The molecule has 0 aromatic heterocycles. The molecule has 1 aliphatic heterocycles. The first kappa shape index (κ1) is 18.0. The summed E-state index contributed by atoms with van der Waals surface area (Å²) in [5.41, 5.74) is 0.362. The lowest BCUT2D eigenvalue weighted by molar-refractivity contribution is -0.0439. The summed E-state index contributed by atoms with van der Waals surface area (Å²) in [6.07, 6.45) is 2.02. The molecule has 23 heavy (non-hydrogen) atoms. The SMILES string of the molecule is C[C@H]1CN(C(=O)c2cccc(CCC(C)(C)O)c2)CC[C@@]1(C)O. The maximum Gasteiger partial charge on any atom is 0.253 e. The van der Waals surface area contributed by atoms with Crippen molar-refractivity contribution in [2.75, 3.05) is 13.1 Å². The van der Waals surface area contributed by atoms with Gasteiger partial charge in [0.25, 0.3) is 5.91 Å². The number of hydrogen-bond donors (Lipinski definition) is 2. The van der Waals surface area contributed by atoms with Gasteiger partial charge < -0.3 is 15.1 Å². The largest absolute Gasteiger partial charge is 0.390 e. The summed E-state index contributed by atoms with van der Waals surface area (Å²) in [5.74, 6) is 0.0935. The number of piperidine rings is 1. The molecule has 0 spiro atoms. The number of amides is 1. The predicted octanol–water partition coefficient (Wildman–Crippen LogP) is 2.62. The van der Waals surface area contributed by atoms with E-state index in [0.29, 0.717) is 31.5 Å². The van der Waals surface area contributed by atoms with Gasteiger partial charge in [-0.05, 0) is 57.7 Å². The zero-order valence-corrected chi connectivity index (χ0v) is 14.7. The van der Waals surface area contributed by atoms with Crippen molar-refractivity contribution < 1.29 is 15.0 Å². The summed E-state index contributed by atoms with van der Waals surface area (Å²) in [7, 11) is 0. The fraction of sp³-hybridized carbons (Fsp3) is 0.632. The van der Waals surface area contributed by atoms with Gasteiger partial charge in [0.1, 0.15) is 0 Å². The minimum Gasteiger partial charge on any atom is -0.390 e. The van der Waals surface area contributed by atoms with Crippen LogP contribution in [0.2, 0.25) is 0 Å². The highest BCUT2D eigenvalue weighted by atomic mass is 16.3. The van der Waals surface area contributed by atoms with Crippen LogP contribution in [0.4, 0.5) is 0 Å². The van der Waals surface area contributed by atoms with Crippen molar-refractivity contribution in [2.45, 2.75) is 58.2 Å². The predicted molar refractivity (Wildman–Crippen MR) is 91.4 cm³/mol. The topological polar surface area (TPSA) is 60.8 Å². The molecule has 1 saturated heterocycles. The summed E-state index contributed by atoms with van der Waals surface area (Å²) < 4.78 is 0. The highest BCUT2D eigenvalue weighted by Crippen LogP contribution is 2.28. The van der Waals surface area contributed by atoms with Crippen molar-refractivity contribution in [1.82, 2.24) is 4.90 Å². The van der Waals surface area contributed by atoms with E-state index in [0.717, 1.165) is 12.0 Å². The lowest BCUT2D eigenvalue weighted by Crippen LogP contribution is -2.50. The number of benzene rings is 1. The number of rotatable bonds is 4. The number of aliphatic hydroxyl groups is 2. The summed E-state index contributed by atoms with van der Waals surface area (Å²) in [4.78, 5) is 14.5. The Morgan fingerprint density at radius 3 is 2.74 bits per heavy atom. The normalized spacial score (nSPS) is 25.5. The first-order valence-corrected chi connectivity index (χ1v) is 8.41. The molecule has 2 atom stereocenters. The van der Waals surface area contributed by atoms with E-state index < -0.39 is 11.2 Å². The molecule has 1 aliphatic rings. The lowest BCUT2D eigenvalue weighted by atomic mass is 9.83. The Balaban J connectivity index is 2.05. The molecule has 4 nitrogen and oxygen atoms in total. The Morgan fingerprint density at radius 2 is 2.13 bits per heavy atom. The quantitative estimate of drug-likeness (QED) is 0.897. The number of carbonyl (C=O) groups is 1. The Morgan fingerprint density at radius 1 is 1.43 bits per heavy atom. The van der Waals surface area contributed by atoms with Crippen LogP contribution in [0.15, 0.2) is 24.3 Å². The third kappa shape index (κ3) is 4.79. The second kappa shape index (κ2) is 6.62. The van der Waals surface area contributed by atoms with Crippen LogP contribution < -0.4 is 0 Å². The zero-order chi connectivity index (χ0) is 17.3. The van der Waals surface area contributed by atoms with Crippen molar-refractivity contribution >= 4 is 5.91 Å². The fourth-order valence-electron chi connectivity index (χ4n) is 2.90. The first-order valence-electron chi connectivity index (χ1n) is 8.41. The average molecular weight is 319 g/mol. The molecule has 0 bridgehead atoms. The van der Waals surface area contributed by atoms with Crippen LogP contribution in [0.3, 0.4) is 0 Å². The van der Waals surface area contributed by atoms with Crippen LogP contribution >= 0.6 is 0 Å². The highest BCUT2D eigenvalue weighted by molar-refractivity contribution is 5.94. The molecule has 2 N–H and O–H groups in total. The van der Waals surface area contributed by atoms with Crippen LogP contribution in [0.1, 0.15) is 56.5 Å². The number of carbonyl (C=O) groups excluding carboxylic acids is 1. The van der Waals surface area contributed by atoms with Gasteiger partial charge in [0.05, 0.1) is 11.2 Å². The molecular weight excluding hydrogens is 290 g/mol. The van der Waals surface area contributed by atoms with Gasteiger partial charge in [-0.25, -0.2) is 0 Å². The van der Waals surface area contributed by atoms with E-state index in [1.807, 2.05) is 43.0 Å². The number of aryl methyl sites for hydroxylation is 1. The number of nitrogens with zero attached hydrogens (tertiary/aromatic N) is 1. The van der Waals surface area contributed by atoms with E-state index in [1.54, 1.807) is 13.8 Å². The van der Waals surface area contributed by atoms with Gasteiger partial charge in [-0.1, -0.05) is 19.1 Å². The third-order valence-corrected chi connectivity index (χ3v) is 4.93. The third-order valence-electron chi connectivity index (χ3n) is 4.93. The lowest BCUT2D eigenvalue weighted by Gasteiger charge is -2.41. The summed E-state index contributed by atoms with van der Waals surface area (Å²) in [6, 6.07) is 7.65. The van der Waals surface area contributed by atoms with Crippen LogP contribution in [-0.4, -0.2) is 45.3 Å². The molecule has 4 heteroatoms. The van der Waals surface area contributed by atoms with Gasteiger partial charge in [-0.3, -0.25) is 4.79 Å². The summed E-state index contributed by atoms with van der Waals surface area (Å²) in [6.45, 7) is 8.59. The van der Waals surface area contributed by atoms with Crippen molar-refractivity contribution in [3.05, 3.63) is 35.4 Å². The van der Waals surface area contributed by atoms with Crippen LogP contribution in [0.25, 0.3) is 0 Å². The van der Waals surface area contributed by atoms with Gasteiger partial charge >= 0.3 is 0 Å². The Labute approximate surface area is 139 Å². The first-order chi connectivity index (χ1) is 10.6. The van der Waals surface area contributed by atoms with Crippen LogP contribution in [0, 0.1) is 5.92 Å². The molecular formula is C19H29NO3. The van der Waals surface area contributed by atoms with Gasteiger partial charge in [-0.2, -0.15) is 0 Å². The smallest absolute Gasteiger partial charge is 0.253 e. The highest BCUT2D eigenvalue weighted by Gasteiger charge is 2.36. The van der Waals surface area contributed by atoms with E-state index in [2.05, 4.69) is 0 Å². The minimum atomic E-state index is -0.700.